The van der Waals surface area contributed by atoms with Gasteiger partial charge in [0.2, 0.25) is 0 Å². The average Bonchev–Trinajstić information content (AvgIpc) is 3.06. The van der Waals surface area contributed by atoms with Crippen LogP contribution in [0, 0.1) is 12.8 Å². The maximum absolute atomic E-state index is 12.8. The van der Waals surface area contributed by atoms with Crippen molar-refractivity contribution in [3.63, 3.8) is 0 Å². The predicted octanol–water partition coefficient (Wildman–Crippen LogP) is 1.70. The Bertz CT molecular complexity index is 872. The molecule has 0 aliphatic carbocycles. The van der Waals surface area contributed by atoms with Crippen LogP contribution in [-0.2, 0) is 9.53 Å². The van der Waals surface area contributed by atoms with Crippen LogP contribution in [0.5, 0.6) is 0 Å². The van der Waals surface area contributed by atoms with E-state index in [4.69, 9.17) is 14.6 Å². The summed E-state index contributed by atoms with van der Waals surface area (Å²) in [4.78, 5) is 41.8. The van der Waals surface area contributed by atoms with E-state index in [1.165, 1.54) is 0 Å². The normalized spacial score (nSPS) is 20.4. The van der Waals surface area contributed by atoms with Crippen molar-refractivity contribution < 1.29 is 24.2 Å². The molecule has 1 aromatic heterocycles. The first-order chi connectivity index (χ1) is 14.5. The van der Waals surface area contributed by atoms with Gasteiger partial charge in [0.15, 0.2) is 0 Å². The number of hydrogen-bond donors (Lipinski definition) is 1. The minimum absolute atomic E-state index is 0.0207. The molecule has 0 saturated carbocycles. The molecule has 2 aromatic rings. The molecule has 2 fully saturated rings. The topological polar surface area (TPSA) is 100 Å². The van der Waals surface area contributed by atoms with Crippen molar-refractivity contribution in [1.29, 1.82) is 0 Å². The third kappa shape index (κ3) is 5.01. The molecule has 0 radical (unpaired) electrons. The maximum atomic E-state index is 12.8. The molecule has 8 heteroatoms. The van der Waals surface area contributed by atoms with Crippen LogP contribution in [0.2, 0.25) is 0 Å². The van der Waals surface area contributed by atoms with E-state index in [1.807, 2.05) is 59.2 Å². The Hall–Kier alpha value is -3.26. The van der Waals surface area contributed by atoms with Gasteiger partial charge in [-0.1, -0.05) is 18.2 Å². The van der Waals surface area contributed by atoms with Gasteiger partial charge in [0.1, 0.15) is 0 Å². The second-order valence-corrected chi connectivity index (χ2v) is 7.29. The highest BCUT2D eigenvalue weighted by atomic mass is 16.5. The third-order valence-electron chi connectivity index (χ3n) is 5.28. The Morgan fingerprint density at radius 2 is 1.70 bits per heavy atom. The number of carbonyl (C=O) groups is 3. The molecule has 2 saturated heterocycles. The number of benzene rings is 1. The van der Waals surface area contributed by atoms with Crippen LogP contribution in [0.4, 0.5) is 0 Å². The van der Waals surface area contributed by atoms with E-state index < -0.39 is 0 Å². The number of nitrogens with zero attached hydrogens (tertiary/aromatic N) is 3. The van der Waals surface area contributed by atoms with E-state index in [2.05, 4.69) is 4.98 Å². The zero-order valence-electron chi connectivity index (χ0n) is 16.8. The average molecular weight is 411 g/mol. The molecule has 2 amide bonds. The molecule has 2 aliphatic heterocycles. The van der Waals surface area contributed by atoms with Crippen molar-refractivity contribution in [2.75, 3.05) is 32.8 Å². The van der Waals surface area contributed by atoms with Gasteiger partial charge in [-0.3, -0.25) is 19.4 Å². The molecule has 4 rings (SSSR count). The van der Waals surface area contributed by atoms with Gasteiger partial charge in [0, 0.05) is 49.6 Å². The van der Waals surface area contributed by atoms with Crippen LogP contribution in [0.25, 0.3) is 0 Å². The van der Waals surface area contributed by atoms with Crippen LogP contribution in [0.15, 0.2) is 48.7 Å². The lowest BCUT2D eigenvalue weighted by Gasteiger charge is -2.23. The van der Waals surface area contributed by atoms with Gasteiger partial charge in [-0.15, -0.1) is 0 Å². The molecular formula is C22H25N3O5. The van der Waals surface area contributed by atoms with Gasteiger partial charge >= 0.3 is 0 Å². The Morgan fingerprint density at radius 1 is 1.03 bits per heavy atom. The lowest BCUT2D eigenvalue weighted by Crippen LogP contribution is -2.38. The van der Waals surface area contributed by atoms with Crippen LogP contribution < -0.4 is 0 Å². The van der Waals surface area contributed by atoms with Crippen molar-refractivity contribution in [1.82, 2.24) is 14.8 Å². The Labute approximate surface area is 175 Å². The van der Waals surface area contributed by atoms with Gasteiger partial charge in [-0.05, 0) is 31.2 Å². The minimum Gasteiger partial charge on any atom is -0.483 e. The van der Waals surface area contributed by atoms with E-state index in [-0.39, 0.29) is 30.3 Å². The number of ether oxygens (including phenoxy) is 1. The third-order valence-corrected chi connectivity index (χ3v) is 5.28. The molecule has 1 aromatic carbocycles. The van der Waals surface area contributed by atoms with Gasteiger partial charge in [-0.25, -0.2) is 0 Å². The maximum Gasteiger partial charge on any atom is 0.290 e. The Morgan fingerprint density at radius 3 is 2.37 bits per heavy atom. The van der Waals surface area contributed by atoms with Crippen LogP contribution in [-0.4, -0.2) is 77.1 Å². The number of fused-ring (bicyclic) bond motifs is 1. The van der Waals surface area contributed by atoms with Crippen molar-refractivity contribution in [2.24, 2.45) is 5.92 Å². The molecule has 2 atom stereocenters. The summed E-state index contributed by atoms with van der Waals surface area (Å²) in [5, 5.41) is 6.89. The number of aromatic nitrogens is 1. The Balaban J connectivity index is 0.000000806. The number of rotatable bonds is 2. The van der Waals surface area contributed by atoms with Gasteiger partial charge < -0.3 is 19.6 Å². The van der Waals surface area contributed by atoms with Crippen molar-refractivity contribution >= 4 is 18.3 Å². The van der Waals surface area contributed by atoms with Gasteiger partial charge in [-0.2, -0.15) is 0 Å². The second kappa shape index (κ2) is 9.98. The summed E-state index contributed by atoms with van der Waals surface area (Å²) >= 11 is 0. The minimum atomic E-state index is -0.250. The highest BCUT2D eigenvalue weighted by molar-refractivity contribution is 5.95. The fourth-order valence-corrected chi connectivity index (χ4v) is 3.78. The van der Waals surface area contributed by atoms with E-state index >= 15 is 0 Å². The molecule has 3 heterocycles. The summed E-state index contributed by atoms with van der Waals surface area (Å²) in [6.07, 6.45) is 1.60. The van der Waals surface area contributed by atoms with E-state index in [0.717, 1.165) is 5.69 Å². The number of hydrogen-bond acceptors (Lipinski definition) is 5. The zero-order valence-corrected chi connectivity index (χ0v) is 16.8. The smallest absolute Gasteiger partial charge is 0.290 e. The van der Waals surface area contributed by atoms with Gasteiger partial charge in [0.25, 0.3) is 18.3 Å². The summed E-state index contributed by atoms with van der Waals surface area (Å²) in [7, 11) is 0. The number of pyridine rings is 1. The number of carbonyl (C=O) groups excluding carboxylic acids is 2. The molecule has 1 N–H and O–H groups in total. The zero-order chi connectivity index (χ0) is 21.5. The standard InChI is InChI=1S/C21H23N3O3.CH2O2/c1-15-7-8-17(11-22-15)21(26)24-13-18-12-23(9-10-27-19(18)14-24)20(25)16-5-3-2-4-6-16;2-1-3/h2-8,11,18-19H,9-10,12-14H2,1H3;1H,(H,2,3)/t18-,19+;/m0./s1. The number of amides is 2. The van der Waals surface area contributed by atoms with E-state index in [1.54, 1.807) is 6.20 Å². The highest BCUT2D eigenvalue weighted by Crippen LogP contribution is 2.25. The molecule has 30 heavy (non-hydrogen) atoms. The summed E-state index contributed by atoms with van der Waals surface area (Å²) < 4.78 is 5.98. The molecule has 2 aliphatic rings. The number of likely N-dealkylation sites (tertiary alicyclic amines) is 1. The molecule has 0 unspecified atom stereocenters. The van der Waals surface area contributed by atoms with Crippen LogP contribution >= 0.6 is 0 Å². The molecule has 0 spiro atoms. The molecule has 0 bridgehead atoms. The Kier molecular flexibility index (Phi) is 7.13. The molecule has 8 nitrogen and oxygen atoms in total. The molecule has 158 valence electrons. The first-order valence-corrected chi connectivity index (χ1v) is 9.79. The lowest BCUT2D eigenvalue weighted by atomic mass is 10.1. The fraction of sp³-hybridized carbons (Fsp3) is 0.364. The fourth-order valence-electron chi connectivity index (χ4n) is 3.78. The highest BCUT2D eigenvalue weighted by Gasteiger charge is 2.39. The van der Waals surface area contributed by atoms with Crippen molar-refractivity contribution in [3.05, 3.63) is 65.5 Å². The van der Waals surface area contributed by atoms with Crippen LogP contribution in [0.1, 0.15) is 26.4 Å². The summed E-state index contributed by atoms with van der Waals surface area (Å²) in [6.45, 7) is 4.48. The first kappa shape index (κ1) is 21.4. The quantitative estimate of drug-likeness (QED) is 0.755. The van der Waals surface area contributed by atoms with E-state index in [0.29, 0.717) is 43.9 Å². The lowest BCUT2D eigenvalue weighted by molar-refractivity contribution is -0.122. The van der Waals surface area contributed by atoms with Gasteiger partial charge in [0.05, 0.1) is 18.3 Å². The number of carboxylic acid groups (broad SMARTS) is 1. The van der Waals surface area contributed by atoms with Crippen LogP contribution in [0.3, 0.4) is 0 Å². The second-order valence-electron chi connectivity index (χ2n) is 7.29. The van der Waals surface area contributed by atoms with Crippen molar-refractivity contribution in [3.8, 4) is 0 Å². The summed E-state index contributed by atoms with van der Waals surface area (Å²) in [6, 6.07) is 13.0. The predicted molar refractivity (Wildman–Crippen MR) is 109 cm³/mol. The SMILES string of the molecule is Cc1ccc(C(=O)N2C[C@@H]3CN(C(=O)c4ccccc4)CCO[C@@H]3C2)cn1.O=CO. The molecular weight excluding hydrogens is 386 g/mol. The largest absolute Gasteiger partial charge is 0.483 e. The monoisotopic (exact) mass is 411 g/mol. The summed E-state index contributed by atoms with van der Waals surface area (Å²) in [5.41, 5.74) is 2.17. The van der Waals surface area contributed by atoms with Crippen molar-refractivity contribution in [2.45, 2.75) is 13.0 Å². The summed E-state index contributed by atoms with van der Waals surface area (Å²) in [5.74, 6) is 0.120. The number of aryl methyl sites for hydroxylation is 1. The first-order valence-electron chi connectivity index (χ1n) is 9.79. The van der Waals surface area contributed by atoms with E-state index in [9.17, 15) is 9.59 Å².